The summed E-state index contributed by atoms with van der Waals surface area (Å²) in [7, 11) is 1.55. The molecule has 2 amide bonds. The highest BCUT2D eigenvalue weighted by Gasteiger charge is 2.18. The molecule has 6 nitrogen and oxygen atoms in total. The van der Waals surface area contributed by atoms with Gasteiger partial charge in [0.1, 0.15) is 10.8 Å². The van der Waals surface area contributed by atoms with Crippen LogP contribution < -0.4 is 10.1 Å². The molecule has 0 spiro atoms. The van der Waals surface area contributed by atoms with Crippen molar-refractivity contribution in [1.82, 2.24) is 9.88 Å². The molecule has 29 heavy (non-hydrogen) atoms. The number of benzene rings is 2. The Hall–Kier alpha value is -3.19. The summed E-state index contributed by atoms with van der Waals surface area (Å²) in [6, 6.07) is 17.0. The molecule has 0 unspecified atom stereocenters. The summed E-state index contributed by atoms with van der Waals surface area (Å²) in [5.74, 6) is 0.173. The van der Waals surface area contributed by atoms with Crippen LogP contribution in [0.15, 0.2) is 60.0 Å². The summed E-state index contributed by atoms with van der Waals surface area (Å²) in [5, 5.41) is 5.57. The third-order valence-electron chi connectivity index (χ3n) is 4.35. The van der Waals surface area contributed by atoms with E-state index in [1.807, 2.05) is 54.8 Å². The molecule has 0 fully saturated rings. The molecule has 0 saturated heterocycles. The van der Waals surface area contributed by atoms with E-state index in [2.05, 4.69) is 10.3 Å². The molecular formula is C22H23N3O3S. The quantitative estimate of drug-likeness (QED) is 0.613. The number of aromatic nitrogens is 1. The molecule has 0 saturated carbocycles. The Kier molecular flexibility index (Phi) is 6.97. The van der Waals surface area contributed by atoms with E-state index >= 15 is 0 Å². The van der Waals surface area contributed by atoms with Gasteiger partial charge in [-0.3, -0.25) is 9.59 Å². The molecule has 3 aromatic rings. The summed E-state index contributed by atoms with van der Waals surface area (Å²) in [4.78, 5) is 31.2. The number of methoxy groups -OCH3 is 1. The molecular weight excluding hydrogens is 386 g/mol. The first-order valence-corrected chi connectivity index (χ1v) is 10.2. The Morgan fingerprint density at radius 3 is 2.55 bits per heavy atom. The van der Waals surface area contributed by atoms with Crippen molar-refractivity contribution in [2.75, 3.05) is 25.5 Å². The highest BCUT2D eigenvalue weighted by atomic mass is 32.1. The van der Waals surface area contributed by atoms with E-state index < -0.39 is 0 Å². The Morgan fingerprint density at radius 1 is 1.10 bits per heavy atom. The van der Waals surface area contributed by atoms with Crippen LogP contribution in [0.3, 0.4) is 0 Å². The van der Waals surface area contributed by atoms with Gasteiger partial charge in [0.05, 0.1) is 31.5 Å². The molecule has 1 heterocycles. The van der Waals surface area contributed by atoms with Crippen LogP contribution in [0.25, 0.3) is 10.6 Å². The number of ether oxygens (including phenoxy) is 1. The molecule has 150 valence electrons. The molecule has 3 rings (SSSR count). The van der Waals surface area contributed by atoms with Crippen molar-refractivity contribution in [1.29, 1.82) is 0 Å². The number of hydrogen-bond acceptors (Lipinski definition) is 5. The van der Waals surface area contributed by atoms with Gasteiger partial charge in [0.25, 0.3) is 0 Å². The van der Waals surface area contributed by atoms with Crippen molar-refractivity contribution in [2.24, 2.45) is 0 Å². The number of amides is 2. The Labute approximate surface area is 174 Å². The van der Waals surface area contributed by atoms with Crippen LogP contribution in [0.5, 0.6) is 5.75 Å². The molecule has 0 atom stereocenters. The predicted molar refractivity (Wildman–Crippen MR) is 115 cm³/mol. The van der Waals surface area contributed by atoms with Crippen molar-refractivity contribution < 1.29 is 14.3 Å². The Morgan fingerprint density at radius 2 is 1.83 bits per heavy atom. The number of anilines is 1. The first-order valence-electron chi connectivity index (χ1n) is 9.31. The van der Waals surface area contributed by atoms with Crippen LogP contribution in [0.1, 0.15) is 12.6 Å². The average Bonchev–Trinajstić information content (AvgIpc) is 3.21. The van der Waals surface area contributed by atoms with Crippen LogP contribution in [-0.2, 0) is 16.0 Å². The number of nitrogens with zero attached hydrogens (tertiary/aromatic N) is 2. The molecule has 7 heteroatoms. The summed E-state index contributed by atoms with van der Waals surface area (Å²) in [6.07, 6.45) is 0.166. The molecule has 0 aliphatic heterocycles. The number of carbonyl (C=O) groups is 2. The summed E-state index contributed by atoms with van der Waals surface area (Å²) < 4.78 is 5.24. The van der Waals surface area contributed by atoms with E-state index in [1.54, 1.807) is 19.2 Å². The zero-order valence-corrected chi connectivity index (χ0v) is 17.2. The van der Waals surface area contributed by atoms with Gasteiger partial charge in [-0.2, -0.15) is 0 Å². The van der Waals surface area contributed by atoms with Gasteiger partial charge in [-0.15, -0.1) is 11.3 Å². The summed E-state index contributed by atoms with van der Waals surface area (Å²) in [5.41, 5.74) is 2.32. The highest BCUT2D eigenvalue weighted by Crippen LogP contribution is 2.24. The van der Waals surface area contributed by atoms with Crippen molar-refractivity contribution in [3.63, 3.8) is 0 Å². The lowest BCUT2D eigenvalue weighted by Crippen LogP contribution is -2.38. The SMILES string of the molecule is CCN(CC(=O)Nc1ccccc1OC)C(=O)Cc1csc(-c2ccccc2)n1. The minimum atomic E-state index is -0.270. The first kappa shape index (κ1) is 20.5. The highest BCUT2D eigenvalue weighted by molar-refractivity contribution is 7.13. The lowest BCUT2D eigenvalue weighted by molar-refractivity contribution is -0.133. The topological polar surface area (TPSA) is 71.5 Å². The number of hydrogen-bond donors (Lipinski definition) is 1. The average molecular weight is 410 g/mol. The van der Waals surface area contributed by atoms with Crippen LogP contribution in [-0.4, -0.2) is 41.9 Å². The predicted octanol–water partition coefficient (Wildman–Crippen LogP) is 3.85. The molecule has 1 N–H and O–H groups in total. The number of rotatable bonds is 8. The number of thiazole rings is 1. The van der Waals surface area contributed by atoms with Crippen LogP contribution >= 0.6 is 11.3 Å². The fraction of sp³-hybridized carbons (Fsp3) is 0.227. The van der Waals surface area contributed by atoms with Gasteiger partial charge in [0, 0.05) is 17.5 Å². The minimum absolute atomic E-state index is 0.0247. The van der Waals surface area contributed by atoms with Crippen LogP contribution in [0.2, 0.25) is 0 Å². The monoisotopic (exact) mass is 409 g/mol. The van der Waals surface area contributed by atoms with Gasteiger partial charge in [-0.25, -0.2) is 4.98 Å². The second-order valence-electron chi connectivity index (χ2n) is 6.34. The van der Waals surface area contributed by atoms with E-state index in [0.717, 1.165) is 10.6 Å². The van der Waals surface area contributed by atoms with E-state index in [0.29, 0.717) is 23.7 Å². The number of carbonyl (C=O) groups excluding carboxylic acids is 2. The zero-order chi connectivity index (χ0) is 20.6. The van der Waals surface area contributed by atoms with Crippen molar-refractivity contribution in [2.45, 2.75) is 13.3 Å². The lowest BCUT2D eigenvalue weighted by atomic mass is 10.2. The number of nitrogens with one attached hydrogen (secondary N) is 1. The van der Waals surface area contributed by atoms with E-state index in [-0.39, 0.29) is 24.8 Å². The summed E-state index contributed by atoms with van der Waals surface area (Å²) >= 11 is 1.51. The zero-order valence-electron chi connectivity index (χ0n) is 16.4. The Bertz CT molecular complexity index is 972. The van der Waals surface area contributed by atoms with Gasteiger partial charge in [0.2, 0.25) is 11.8 Å². The summed E-state index contributed by atoms with van der Waals surface area (Å²) in [6.45, 7) is 2.27. The largest absolute Gasteiger partial charge is 0.495 e. The maximum absolute atomic E-state index is 12.7. The van der Waals surface area contributed by atoms with Crippen molar-refractivity contribution in [3.05, 3.63) is 65.7 Å². The number of likely N-dealkylation sites (N-methyl/N-ethyl adjacent to an activating group) is 1. The van der Waals surface area contributed by atoms with E-state index in [1.165, 1.54) is 16.2 Å². The number of para-hydroxylation sites is 2. The second-order valence-corrected chi connectivity index (χ2v) is 7.20. The third-order valence-corrected chi connectivity index (χ3v) is 5.29. The Balaban J connectivity index is 1.60. The van der Waals surface area contributed by atoms with E-state index in [9.17, 15) is 9.59 Å². The lowest BCUT2D eigenvalue weighted by Gasteiger charge is -2.20. The van der Waals surface area contributed by atoms with Crippen LogP contribution in [0.4, 0.5) is 5.69 Å². The van der Waals surface area contributed by atoms with E-state index in [4.69, 9.17) is 4.74 Å². The molecule has 0 aliphatic carbocycles. The maximum atomic E-state index is 12.7. The first-order chi connectivity index (χ1) is 14.1. The van der Waals surface area contributed by atoms with Gasteiger partial charge in [-0.05, 0) is 19.1 Å². The smallest absolute Gasteiger partial charge is 0.244 e. The molecule has 0 bridgehead atoms. The van der Waals surface area contributed by atoms with Gasteiger partial charge in [0.15, 0.2) is 0 Å². The second kappa shape index (κ2) is 9.84. The molecule has 1 aromatic heterocycles. The van der Waals surface area contributed by atoms with Crippen molar-refractivity contribution in [3.8, 4) is 16.3 Å². The van der Waals surface area contributed by atoms with Gasteiger partial charge >= 0.3 is 0 Å². The molecule has 2 aromatic carbocycles. The van der Waals surface area contributed by atoms with Crippen LogP contribution in [0, 0.1) is 0 Å². The fourth-order valence-corrected chi connectivity index (χ4v) is 3.68. The van der Waals surface area contributed by atoms with Gasteiger partial charge < -0.3 is 15.0 Å². The van der Waals surface area contributed by atoms with Gasteiger partial charge in [-0.1, -0.05) is 42.5 Å². The minimum Gasteiger partial charge on any atom is -0.495 e. The standard InChI is InChI=1S/C22H23N3O3S/c1-3-25(14-20(26)24-18-11-7-8-12-19(18)28-2)21(27)13-17-15-29-22(23-17)16-9-5-4-6-10-16/h4-12,15H,3,13-14H2,1-2H3,(H,24,26). The maximum Gasteiger partial charge on any atom is 0.244 e. The third kappa shape index (κ3) is 5.42. The molecule has 0 radical (unpaired) electrons. The normalized spacial score (nSPS) is 10.4. The van der Waals surface area contributed by atoms with Crippen molar-refractivity contribution >= 4 is 28.8 Å². The fourth-order valence-electron chi connectivity index (χ4n) is 2.86. The molecule has 0 aliphatic rings.